The molecule has 0 aliphatic heterocycles. The van der Waals surface area contributed by atoms with Crippen LogP contribution in [0, 0.1) is 34.6 Å². The second-order valence-electron chi connectivity index (χ2n) is 6.13. The van der Waals surface area contributed by atoms with E-state index < -0.39 is 10.0 Å². The molecular formula is C19H25NO2S2. The van der Waals surface area contributed by atoms with Gasteiger partial charge in [-0.1, -0.05) is 12.1 Å². The molecule has 0 aromatic heterocycles. The highest BCUT2D eigenvalue weighted by Gasteiger charge is 2.23. The smallest absolute Gasteiger partial charge is 0.207 e. The van der Waals surface area contributed by atoms with Crippen molar-refractivity contribution in [3.8, 4) is 0 Å². The summed E-state index contributed by atoms with van der Waals surface area (Å²) in [6.07, 6.45) is 2.02. The van der Waals surface area contributed by atoms with E-state index in [1.165, 1.54) is 0 Å². The number of thioether (sulfide) groups is 1. The third kappa shape index (κ3) is 3.68. The minimum absolute atomic E-state index is 0.293. The van der Waals surface area contributed by atoms with E-state index in [0.717, 1.165) is 38.3 Å². The van der Waals surface area contributed by atoms with E-state index in [9.17, 15) is 8.42 Å². The first-order valence-electron chi connectivity index (χ1n) is 7.88. The predicted octanol–water partition coefficient (Wildman–Crippen LogP) is 4.43. The van der Waals surface area contributed by atoms with Crippen LogP contribution in [0.3, 0.4) is 0 Å². The lowest BCUT2D eigenvalue weighted by Gasteiger charge is -2.19. The van der Waals surface area contributed by atoms with Crippen LogP contribution in [0.2, 0.25) is 0 Å². The van der Waals surface area contributed by atoms with Gasteiger partial charge in [0.2, 0.25) is 10.0 Å². The van der Waals surface area contributed by atoms with Crippen molar-refractivity contribution in [2.75, 3.05) is 6.26 Å². The van der Waals surface area contributed by atoms with Crippen LogP contribution in [0.5, 0.6) is 0 Å². The molecule has 2 aromatic carbocycles. The Morgan fingerprint density at radius 2 is 1.29 bits per heavy atom. The maximum absolute atomic E-state index is 12.9. The van der Waals surface area contributed by atoms with Gasteiger partial charge >= 0.3 is 0 Å². The Kier molecular flexibility index (Phi) is 5.78. The summed E-state index contributed by atoms with van der Waals surface area (Å²) in [4.78, 5) is 1.59. The van der Waals surface area contributed by atoms with Crippen LogP contribution in [0.15, 0.2) is 34.1 Å². The van der Waals surface area contributed by atoms with Gasteiger partial charge in [0.25, 0.3) is 0 Å². The first-order chi connectivity index (χ1) is 11.2. The molecule has 0 saturated heterocycles. The van der Waals surface area contributed by atoms with Gasteiger partial charge in [0.15, 0.2) is 0 Å². The molecule has 0 unspecified atom stereocenters. The number of sulfonamides is 1. The molecule has 1 N–H and O–H groups in total. The highest BCUT2D eigenvalue weighted by molar-refractivity contribution is 7.98. The molecule has 0 radical (unpaired) electrons. The van der Waals surface area contributed by atoms with Crippen LogP contribution in [-0.2, 0) is 16.6 Å². The summed E-state index contributed by atoms with van der Waals surface area (Å²) in [5.41, 5.74) is 5.87. The molecule has 0 amide bonds. The van der Waals surface area contributed by atoms with Crippen molar-refractivity contribution in [2.24, 2.45) is 0 Å². The Bertz CT molecular complexity index is 825. The van der Waals surface area contributed by atoms with E-state index in [1.54, 1.807) is 11.8 Å². The summed E-state index contributed by atoms with van der Waals surface area (Å²) < 4.78 is 28.5. The largest absolute Gasteiger partial charge is 0.241 e. The highest BCUT2D eigenvalue weighted by Crippen LogP contribution is 2.29. The normalized spacial score (nSPS) is 11.8. The van der Waals surface area contributed by atoms with Gasteiger partial charge in [0, 0.05) is 11.4 Å². The van der Waals surface area contributed by atoms with Crippen molar-refractivity contribution in [1.82, 2.24) is 4.72 Å². The fourth-order valence-electron chi connectivity index (χ4n) is 2.86. The molecule has 0 fully saturated rings. The zero-order valence-electron chi connectivity index (χ0n) is 15.1. The van der Waals surface area contributed by atoms with Crippen molar-refractivity contribution in [3.63, 3.8) is 0 Å². The minimum Gasteiger partial charge on any atom is -0.207 e. The summed E-state index contributed by atoms with van der Waals surface area (Å²) >= 11 is 1.67. The first kappa shape index (κ1) is 19.0. The fraction of sp³-hybridized carbons (Fsp3) is 0.368. The van der Waals surface area contributed by atoms with Crippen LogP contribution < -0.4 is 4.72 Å². The fourth-order valence-corrected chi connectivity index (χ4v) is 4.88. The van der Waals surface area contributed by atoms with Crippen molar-refractivity contribution in [3.05, 3.63) is 57.6 Å². The molecule has 2 aromatic rings. The predicted molar refractivity (Wildman–Crippen MR) is 102 cm³/mol. The number of benzene rings is 2. The number of rotatable bonds is 5. The zero-order valence-corrected chi connectivity index (χ0v) is 16.8. The van der Waals surface area contributed by atoms with Gasteiger partial charge in [-0.3, -0.25) is 0 Å². The molecule has 0 aliphatic carbocycles. The Labute approximate surface area is 149 Å². The van der Waals surface area contributed by atoms with E-state index in [2.05, 4.69) is 4.72 Å². The van der Waals surface area contributed by atoms with E-state index in [0.29, 0.717) is 11.4 Å². The quantitative estimate of drug-likeness (QED) is 0.800. The van der Waals surface area contributed by atoms with Gasteiger partial charge in [0.05, 0.1) is 4.90 Å². The topological polar surface area (TPSA) is 46.2 Å². The number of nitrogens with one attached hydrogen (secondary N) is 1. The average Bonchev–Trinajstić information content (AvgIpc) is 2.57. The van der Waals surface area contributed by atoms with Crippen molar-refractivity contribution < 1.29 is 8.42 Å². The molecule has 0 heterocycles. The van der Waals surface area contributed by atoms with Crippen LogP contribution in [-0.4, -0.2) is 14.7 Å². The second-order valence-corrected chi connectivity index (χ2v) is 8.71. The van der Waals surface area contributed by atoms with E-state index in [-0.39, 0.29) is 0 Å². The second kappa shape index (κ2) is 7.30. The molecule has 0 bridgehead atoms. The Morgan fingerprint density at radius 1 is 0.833 bits per heavy atom. The van der Waals surface area contributed by atoms with Crippen LogP contribution in [0.25, 0.3) is 0 Å². The van der Waals surface area contributed by atoms with Gasteiger partial charge in [0.1, 0.15) is 0 Å². The lowest BCUT2D eigenvalue weighted by molar-refractivity contribution is 0.579. The molecule has 0 saturated carbocycles. The minimum atomic E-state index is -3.55. The first-order valence-corrected chi connectivity index (χ1v) is 10.6. The Balaban J connectivity index is 2.34. The zero-order chi connectivity index (χ0) is 18.1. The van der Waals surface area contributed by atoms with Gasteiger partial charge in [-0.25, -0.2) is 13.1 Å². The average molecular weight is 364 g/mol. The van der Waals surface area contributed by atoms with Gasteiger partial charge in [-0.2, -0.15) is 0 Å². The van der Waals surface area contributed by atoms with Crippen LogP contribution in [0.1, 0.15) is 33.4 Å². The van der Waals surface area contributed by atoms with Gasteiger partial charge < -0.3 is 0 Å². The van der Waals surface area contributed by atoms with Gasteiger partial charge in [-0.05, 0) is 86.4 Å². The summed E-state index contributed by atoms with van der Waals surface area (Å²) in [7, 11) is -3.55. The summed E-state index contributed by atoms with van der Waals surface area (Å²) in [6, 6.07) is 7.93. The highest BCUT2D eigenvalue weighted by atomic mass is 32.2. The molecule has 2 rings (SSSR count). The summed E-state index contributed by atoms with van der Waals surface area (Å²) in [5.74, 6) is 0. The maximum Gasteiger partial charge on any atom is 0.241 e. The molecule has 24 heavy (non-hydrogen) atoms. The standard InChI is InChI=1S/C19H25NO2S2/c1-12-13(2)15(4)19(16(5)14(12)3)24(21,22)20-11-17-7-9-18(23-6)10-8-17/h7-10,20H,11H2,1-6H3. The summed E-state index contributed by atoms with van der Waals surface area (Å²) in [5, 5.41) is 0. The lowest BCUT2D eigenvalue weighted by atomic mass is 9.95. The SMILES string of the molecule is CSc1ccc(CNS(=O)(=O)c2c(C)c(C)c(C)c(C)c2C)cc1. The Morgan fingerprint density at radius 3 is 1.75 bits per heavy atom. The molecular weight excluding hydrogens is 338 g/mol. The van der Waals surface area contributed by atoms with E-state index >= 15 is 0 Å². The number of hydrogen-bond acceptors (Lipinski definition) is 3. The van der Waals surface area contributed by atoms with E-state index in [1.807, 2.05) is 65.1 Å². The molecule has 0 spiro atoms. The van der Waals surface area contributed by atoms with Crippen molar-refractivity contribution in [2.45, 2.75) is 51.0 Å². The molecule has 3 nitrogen and oxygen atoms in total. The van der Waals surface area contributed by atoms with Crippen molar-refractivity contribution >= 4 is 21.8 Å². The monoisotopic (exact) mass is 363 g/mol. The van der Waals surface area contributed by atoms with Crippen LogP contribution in [0.4, 0.5) is 0 Å². The molecule has 130 valence electrons. The van der Waals surface area contributed by atoms with Gasteiger partial charge in [-0.15, -0.1) is 11.8 Å². The van der Waals surface area contributed by atoms with Crippen LogP contribution >= 0.6 is 11.8 Å². The van der Waals surface area contributed by atoms with Crippen molar-refractivity contribution in [1.29, 1.82) is 0 Å². The lowest BCUT2D eigenvalue weighted by Crippen LogP contribution is -2.25. The molecule has 0 atom stereocenters. The third-order valence-electron chi connectivity index (χ3n) is 4.83. The summed E-state index contributed by atoms with van der Waals surface area (Å²) in [6.45, 7) is 10.1. The molecule has 5 heteroatoms. The Hall–Kier alpha value is -1.30. The third-order valence-corrected chi connectivity index (χ3v) is 7.24. The number of hydrogen-bond donors (Lipinski definition) is 1. The maximum atomic E-state index is 12.9. The van der Waals surface area contributed by atoms with E-state index in [4.69, 9.17) is 0 Å². The molecule has 0 aliphatic rings.